The quantitative estimate of drug-likeness (QED) is 0.785. The Balaban J connectivity index is 2.98. The summed E-state index contributed by atoms with van der Waals surface area (Å²) in [6.45, 7) is 1.35. The average Bonchev–Trinajstić information content (AvgIpc) is 2.13. The molecule has 0 spiro atoms. The molecule has 1 atom stereocenters. The molecule has 2 nitrogen and oxygen atoms in total. The fraction of sp³-hybridized carbons (Fsp3) is 0.300. The molecule has 0 radical (unpaired) electrons. The molecule has 0 saturated carbocycles. The van der Waals surface area contributed by atoms with Crippen LogP contribution >= 0.6 is 11.6 Å². The first-order valence-corrected chi connectivity index (χ1v) is 4.46. The average molecular weight is 217 g/mol. The molecule has 0 aliphatic rings. The number of aliphatic hydroxyl groups is 1. The second-order valence-electron chi connectivity index (χ2n) is 3.36. The highest BCUT2D eigenvalue weighted by molar-refractivity contribution is 6.31. The summed E-state index contributed by atoms with van der Waals surface area (Å²) in [4.78, 5) is 10.4. The van der Waals surface area contributed by atoms with E-state index >= 15 is 0 Å². The molecule has 0 bridgehead atoms. The Morgan fingerprint density at radius 2 is 2.29 bits per heavy atom. The zero-order valence-electron chi connectivity index (χ0n) is 7.63. The number of hydrogen-bond acceptors (Lipinski definition) is 2. The van der Waals surface area contributed by atoms with E-state index in [1.165, 1.54) is 19.1 Å². The van der Waals surface area contributed by atoms with E-state index < -0.39 is 11.4 Å². The Morgan fingerprint density at radius 1 is 1.64 bits per heavy atom. The van der Waals surface area contributed by atoms with Crippen molar-refractivity contribution in [2.45, 2.75) is 18.9 Å². The molecule has 0 aromatic heterocycles. The zero-order chi connectivity index (χ0) is 10.8. The van der Waals surface area contributed by atoms with Gasteiger partial charge in [-0.15, -0.1) is 0 Å². The molecule has 0 saturated heterocycles. The van der Waals surface area contributed by atoms with E-state index in [-0.39, 0.29) is 11.4 Å². The van der Waals surface area contributed by atoms with E-state index in [0.717, 1.165) is 0 Å². The van der Waals surface area contributed by atoms with Gasteiger partial charge in [-0.1, -0.05) is 23.7 Å². The molecule has 1 unspecified atom stereocenters. The fourth-order valence-corrected chi connectivity index (χ4v) is 1.31. The Hall–Kier alpha value is -0.930. The molecule has 0 aliphatic carbocycles. The van der Waals surface area contributed by atoms with Crippen molar-refractivity contribution in [3.8, 4) is 0 Å². The molecule has 4 heteroatoms. The lowest BCUT2D eigenvalue weighted by atomic mass is 9.98. The third-order valence-electron chi connectivity index (χ3n) is 1.83. The van der Waals surface area contributed by atoms with Crippen molar-refractivity contribution < 1.29 is 14.3 Å². The van der Waals surface area contributed by atoms with Crippen LogP contribution in [0.4, 0.5) is 4.39 Å². The van der Waals surface area contributed by atoms with Crippen molar-refractivity contribution in [1.29, 1.82) is 0 Å². The van der Waals surface area contributed by atoms with E-state index in [1.807, 2.05) is 0 Å². The summed E-state index contributed by atoms with van der Waals surface area (Å²) in [5.74, 6) is -0.550. The number of benzene rings is 1. The molecule has 0 aliphatic heterocycles. The van der Waals surface area contributed by atoms with E-state index in [1.54, 1.807) is 6.07 Å². The topological polar surface area (TPSA) is 37.3 Å². The smallest absolute Gasteiger partial charge is 0.151 e. The second kappa shape index (κ2) is 4.07. The lowest BCUT2D eigenvalue weighted by Crippen LogP contribution is -2.28. The summed E-state index contributed by atoms with van der Waals surface area (Å²) in [5, 5.41) is 9.40. The molecule has 1 rings (SSSR count). The number of rotatable bonds is 3. The maximum atomic E-state index is 13.0. The van der Waals surface area contributed by atoms with Crippen LogP contribution in [0, 0.1) is 5.82 Å². The van der Waals surface area contributed by atoms with Crippen LogP contribution in [0.3, 0.4) is 0 Å². The Bertz CT molecular complexity index is 350. The molecule has 14 heavy (non-hydrogen) atoms. The summed E-state index contributed by atoms with van der Waals surface area (Å²) >= 11 is 5.65. The summed E-state index contributed by atoms with van der Waals surface area (Å²) in [7, 11) is 0. The summed E-state index contributed by atoms with van der Waals surface area (Å²) < 4.78 is 13.0. The van der Waals surface area contributed by atoms with E-state index in [9.17, 15) is 14.3 Å². The van der Waals surface area contributed by atoms with Crippen LogP contribution in [0.5, 0.6) is 0 Å². The molecule has 1 aromatic carbocycles. The zero-order valence-corrected chi connectivity index (χ0v) is 8.38. The third-order valence-corrected chi connectivity index (χ3v) is 2.26. The molecule has 0 heterocycles. The predicted octanol–water partition coefficient (Wildman–Crippen LogP) is 1.97. The van der Waals surface area contributed by atoms with Crippen LogP contribution in [-0.4, -0.2) is 17.0 Å². The van der Waals surface area contributed by atoms with Crippen molar-refractivity contribution in [2.75, 3.05) is 0 Å². The number of halogens is 2. The number of carbonyl (C=O) groups excluding carboxylic acids is 1. The highest BCUT2D eigenvalue weighted by Gasteiger charge is 2.21. The Morgan fingerprint density at radius 3 is 2.86 bits per heavy atom. The maximum Gasteiger partial charge on any atom is 0.151 e. The van der Waals surface area contributed by atoms with Gasteiger partial charge in [-0.3, -0.25) is 0 Å². The molecular formula is C10H10ClFO2. The van der Waals surface area contributed by atoms with Crippen LogP contribution in [0.1, 0.15) is 12.5 Å². The molecule has 0 amide bonds. The summed E-state index contributed by atoms with van der Waals surface area (Å²) in [5.41, 5.74) is -1.08. The monoisotopic (exact) mass is 216 g/mol. The highest BCUT2D eigenvalue weighted by atomic mass is 35.5. The highest BCUT2D eigenvalue weighted by Crippen LogP contribution is 2.23. The number of carbonyl (C=O) groups is 1. The second-order valence-corrected chi connectivity index (χ2v) is 3.74. The predicted molar refractivity (Wildman–Crippen MR) is 51.8 cm³/mol. The van der Waals surface area contributed by atoms with E-state index in [0.29, 0.717) is 11.8 Å². The van der Waals surface area contributed by atoms with Gasteiger partial charge in [0, 0.05) is 6.42 Å². The molecule has 76 valence electrons. The Labute approximate surface area is 86.3 Å². The lowest BCUT2D eigenvalue weighted by molar-refractivity contribution is -0.122. The molecule has 1 aromatic rings. The molecular weight excluding hydrogens is 207 g/mol. The van der Waals surface area contributed by atoms with E-state index in [4.69, 9.17) is 11.6 Å². The van der Waals surface area contributed by atoms with Crippen LogP contribution in [-0.2, 0) is 11.2 Å². The van der Waals surface area contributed by atoms with Gasteiger partial charge >= 0.3 is 0 Å². The standard InChI is InChI=1S/C10H10ClFO2/c1-10(14,6-13)5-7-3-2-4-8(12)9(7)11/h2-4,6,14H,5H2,1H3. The SMILES string of the molecule is CC(O)(C=O)Cc1cccc(F)c1Cl. The van der Waals surface area contributed by atoms with Crippen LogP contribution < -0.4 is 0 Å². The minimum atomic E-state index is -1.50. The lowest BCUT2D eigenvalue weighted by Gasteiger charge is -2.16. The maximum absolute atomic E-state index is 13.0. The van der Waals surface area contributed by atoms with Crippen molar-refractivity contribution in [3.05, 3.63) is 34.6 Å². The number of aldehydes is 1. The van der Waals surface area contributed by atoms with Gasteiger partial charge in [0.2, 0.25) is 0 Å². The van der Waals surface area contributed by atoms with Crippen LogP contribution in [0.25, 0.3) is 0 Å². The first-order chi connectivity index (χ1) is 6.46. The summed E-state index contributed by atoms with van der Waals surface area (Å²) in [6, 6.07) is 4.28. The van der Waals surface area contributed by atoms with Gasteiger partial charge in [0.1, 0.15) is 11.4 Å². The largest absolute Gasteiger partial charge is 0.382 e. The van der Waals surface area contributed by atoms with Crippen LogP contribution in [0.15, 0.2) is 18.2 Å². The minimum Gasteiger partial charge on any atom is -0.382 e. The fourth-order valence-electron chi connectivity index (χ4n) is 1.11. The van der Waals surface area contributed by atoms with Gasteiger partial charge < -0.3 is 9.90 Å². The Kier molecular flexibility index (Phi) is 3.24. The van der Waals surface area contributed by atoms with Crippen molar-refractivity contribution >= 4 is 17.9 Å². The molecule has 0 fully saturated rings. The van der Waals surface area contributed by atoms with Gasteiger partial charge in [-0.05, 0) is 18.6 Å². The van der Waals surface area contributed by atoms with Crippen molar-refractivity contribution in [3.63, 3.8) is 0 Å². The number of hydrogen-bond donors (Lipinski definition) is 1. The minimum absolute atomic E-state index is 0.00704. The van der Waals surface area contributed by atoms with Crippen molar-refractivity contribution in [1.82, 2.24) is 0 Å². The first-order valence-electron chi connectivity index (χ1n) is 4.08. The third kappa shape index (κ3) is 2.53. The normalized spacial score (nSPS) is 14.9. The van der Waals surface area contributed by atoms with Gasteiger partial charge in [0.05, 0.1) is 5.02 Å². The van der Waals surface area contributed by atoms with Crippen molar-refractivity contribution in [2.24, 2.45) is 0 Å². The molecule has 1 N–H and O–H groups in total. The van der Waals surface area contributed by atoms with Crippen LogP contribution in [0.2, 0.25) is 5.02 Å². The summed E-state index contributed by atoms with van der Waals surface area (Å²) in [6.07, 6.45) is 0.418. The van der Waals surface area contributed by atoms with Gasteiger partial charge in [0.25, 0.3) is 0 Å². The van der Waals surface area contributed by atoms with E-state index in [2.05, 4.69) is 0 Å². The van der Waals surface area contributed by atoms with Gasteiger partial charge in [-0.2, -0.15) is 0 Å². The van der Waals surface area contributed by atoms with Gasteiger partial charge in [0.15, 0.2) is 6.29 Å². The van der Waals surface area contributed by atoms with Gasteiger partial charge in [-0.25, -0.2) is 4.39 Å². The first kappa shape index (κ1) is 11.1.